The molecule has 1 atom stereocenters. The Labute approximate surface area is 113 Å². The second-order valence-electron chi connectivity index (χ2n) is 4.18. The van der Waals surface area contributed by atoms with Crippen molar-refractivity contribution < 1.29 is 14.7 Å². The van der Waals surface area contributed by atoms with Crippen molar-refractivity contribution in [2.45, 2.75) is 13.0 Å². The van der Waals surface area contributed by atoms with Gasteiger partial charge in [-0.05, 0) is 24.6 Å². The molecule has 0 aromatic heterocycles. The predicted octanol–water partition coefficient (Wildman–Crippen LogP) is 1.15. The second-order valence-corrected chi connectivity index (χ2v) is 5.04. The minimum atomic E-state index is -1.01. The number of carbonyl (C=O) groups is 2. The van der Waals surface area contributed by atoms with Crippen LogP contribution in [0.15, 0.2) is 22.7 Å². The Hall–Kier alpha value is -1.40. The molecule has 1 aliphatic rings. The molecule has 1 fully saturated rings. The number of nitrogens with zero attached hydrogens (tertiary/aromatic N) is 1. The molecule has 1 aliphatic heterocycles. The second kappa shape index (κ2) is 5.07. The molecule has 18 heavy (non-hydrogen) atoms. The summed E-state index contributed by atoms with van der Waals surface area (Å²) in [5, 5.41) is 12.0. The molecule has 5 nitrogen and oxygen atoms in total. The van der Waals surface area contributed by atoms with Gasteiger partial charge in [0.2, 0.25) is 5.91 Å². The Kier molecular flexibility index (Phi) is 3.68. The lowest BCUT2D eigenvalue weighted by Crippen LogP contribution is -2.58. The Bertz CT molecular complexity index is 504. The monoisotopic (exact) mass is 312 g/mol. The van der Waals surface area contributed by atoms with Crippen LogP contribution in [-0.2, 0) is 9.59 Å². The van der Waals surface area contributed by atoms with E-state index in [0.717, 1.165) is 10.0 Å². The average Bonchev–Trinajstić information content (AvgIpc) is 2.32. The van der Waals surface area contributed by atoms with Crippen LogP contribution in [0.25, 0.3) is 0 Å². The van der Waals surface area contributed by atoms with E-state index in [2.05, 4.69) is 21.2 Å². The quantitative estimate of drug-likeness (QED) is 0.859. The Morgan fingerprint density at radius 1 is 1.56 bits per heavy atom. The van der Waals surface area contributed by atoms with Gasteiger partial charge in [-0.2, -0.15) is 0 Å². The normalized spacial score (nSPS) is 20.0. The number of piperazine rings is 1. The molecule has 1 amide bonds. The van der Waals surface area contributed by atoms with Gasteiger partial charge < -0.3 is 10.4 Å². The molecular weight excluding hydrogens is 300 g/mol. The fourth-order valence-corrected chi connectivity index (χ4v) is 2.29. The van der Waals surface area contributed by atoms with Gasteiger partial charge in [-0.3, -0.25) is 9.69 Å². The smallest absolute Gasteiger partial charge is 0.328 e. The lowest BCUT2D eigenvalue weighted by molar-refractivity contribution is -0.140. The minimum Gasteiger partial charge on any atom is -0.480 e. The number of carbonyl (C=O) groups excluding carboxylic acids is 1. The van der Waals surface area contributed by atoms with Gasteiger partial charge in [0, 0.05) is 16.7 Å². The molecule has 2 N–H and O–H groups in total. The first kappa shape index (κ1) is 13.0. The van der Waals surface area contributed by atoms with Crippen LogP contribution >= 0.6 is 15.9 Å². The largest absolute Gasteiger partial charge is 0.480 e. The van der Waals surface area contributed by atoms with Gasteiger partial charge in [0.05, 0.1) is 6.54 Å². The number of hydrogen-bond donors (Lipinski definition) is 2. The molecule has 1 heterocycles. The lowest BCUT2D eigenvalue weighted by atomic mass is 10.1. The van der Waals surface area contributed by atoms with E-state index in [1.165, 1.54) is 4.90 Å². The summed E-state index contributed by atoms with van der Waals surface area (Å²) in [6.07, 6.45) is 0. The van der Waals surface area contributed by atoms with Gasteiger partial charge in [0.1, 0.15) is 6.04 Å². The number of carboxylic acids is 1. The SMILES string of the molecule is Cc1ccc(N2C(=O)CNCC2C(=O)O)cc1Br. The van der Waals surface area contributed by atoms with Crippen LogP contribution in [0.1, 0.15) is 5.56 Å². The zero-order chi connectivity index (χ0) is 13.3. The first-order chi connectivity index (χ1) is 8.50. The molecule has 1 aromatic carbocycles. The van der Waals surface area contributed by atoms with Gasteiger partial charge in [-0.1, -0.05) is 22.0 Å². The molecule has 0 aliphatic carbocycles. The number of aryl methyl sites for hydroxylation is 1. The van der Waals surface area contributed by atoms with Crippen LogP contribution in [-0.4, -0.2) is 36.1 Å². The van der Waals surface area contributed by atoms with E-state index in [0.29, 0.717) is 5.69 Å². The Balaban J connectivity index is 2.40. The standard InChI is InChI=1S/C12H13BrN2O3/c1-7-2-3-8(4-9(7)13)15-10(12(17)18)5-14-6-11(15)16/h2-4,10,14H,5-6H2,1H3,(H,17,18). The minimum absolute atomic E-state index is 0.162. The predicted molar refractivity (Wildman–Crippen MR) is 70.7 cm³/mol. The highest BCUT2D eigenvalue weighted by Crippen LogP contribution is 2.26. The number of amides is 1. The van der Waals surface area contributed by atoms with Gasteiger partial charge in [-0.15, -0.1) is 0 Å². The number of rotatable bonds is 2. The van der Waals surface area contributed by atoms with Crippen molar-refractivity contribution in [1.29, 1.82) is 0 Å². The fourth-order valence-electron chi connectivity index (χ4n) is 1.92. The summed E-state index contributed by atoms with van der Waals surface area (Å²) >= 11 is 3.39. The third-order valence-electron chi connectivity index (χ3n) is 2.91. The molecule has 6 heteroatoms. The highest BCUT2D eigenvalue weighted by atomic mass is 79.9. The number of aliphatic carboxylic acids is 1. The van der Waals surface area contributed by atoms with E-state index >= 15 is 0 Å². The van der Waals surface area contributed by atoms with E-state index in [9.17, 15) is 9.59 Å². The molecule has 2 rings (SSSR count). The van der Waals surface area contributed by atoms with Gasteiger partial charge >= 0.3 is 5.97 Å². The molecule has 0 bridgehead atoms. The van der Waals surface area contributed by atoms with Crippen LogP contribution < -0.4 is 10.2 Å². The third kappa shape index (κ3) is 2.39. The summed E-state index contributed by atoms with van der Waals surface area (Å²) in [4.78, 5) is 24.4. The van der Waals surface area contributed by atoms with Crippen LogP contribution in [0.5, 0.6) is 0 Å². The van der Waals surface area contributed by atoms with E-state index < -0.39 is 12.0 Å². The Morgan fingerprint density at radius 2 is 2.28 bits per heavy atom. The summed E-state index contributed by atoms with van der Waals surface area (Å²) in [5.41, 5.74) is 1.64. The van der Waals surface area contributed by atoms with Gasteiger partial charge in [-0.25, -0.2) is 4.79 Å². The number of halogens is 1. The molecule has 96 valence electrons. The maximum Gasteiger partial charge on any atom is 0.328 e. The summed E-state index contributed by atoms with van der Waals surface area (Å²) in [6.45, 7) is 2.35. The fraction of sp³-hybridized carbons (Fsp3) is 0.333. The zero-order valence-electron chi connectivity index (χ0n) is 9.81. The van der Waals surface area contributed by atoms with Crippen LogP contribution in [0.2, 0.25) is 0 Å². The molecule has 0 spiro atoms. The number of nitrogens with one attached hydrogen (secondary N) is 1. The highest BCUT2D eigenvalue weighted by Gasteiger charge is 2.34. The van der Waals surface area contributed by atoms with E-state index in [1.807, 2.05) is 13.0 Å². The summed E-state index contributed by atoms with van der Waals surface area (Å²) in [7, 11) is 0. The van der Waals surface area contributed by atoms with E-state index in [4.69, 9.17) is 5.11 Å². The molecule has 1 saturated heterocycles. The van der Waals surface area contributed by atoms with Crippen molar-refractivity contribution in [3.8, 4) is 0 Å². The maximum atomic E-state index is 11.9. The van der Waals surface area contributed by atoms with Crippen molar-refractivity contribution >= 4 is 33.5 Å². The molecule has 0 saturated carbocycles. The lowest BCUT2D eigenvalue weighted by Gasteiger charge is -2.33. The van der Waals surface area contributed by atoms with Gasteiger partial charge in [0.15, 0.2) is 0 Å². The summed E-state index contributed by atoms with van der Waals surface area (Å²) in [6, 6.07) is 4.53. The summed E-state index contributed by atoms with van der Waals surface area (Å²) in [5.74, 6) is -1.24. The maximum absolute atomic E-state index is 11.9. The number of carboxylic acid groups (broad SMARTS) is 1. The van der Waals surface area contributed by atoms with Crippen molar-refractivity contribution in [3.05, 3.63) is 28.2 Å². The number of benzene rings is 1. The zero-order valence-corrected chi connectivity index (χ0v) is 11.4. The van der Waals surface area contributed by atoms with E-state index in [1.54, 1.807) is 12.1 Å². The van der Waals surface area contributed by atoms with Gasteiger partial charge in [0.25, 0.3) is 0 Å². The number of hydrogen-bond acceptors (Lipinski definition) is 3. The highest BCUT2D eigenvalue weighted by molar-refractivity contribution is 9.10. The molecule has 1 unspecified atom stereocenters. The van der Waals surface area contributed by atoms with Crippen LogP contribution in [0.4, 0.5) is 5.69 Å². The first-order valence-electron chi connectivity index (χ1n) is 5.52. The van der Waals surface area contributed by atoms with Crippen molar-refractivity contribution in [3.63, 3.8) is 0 Å². The topological polar surface area (TPSA) is 69.6 Å². The first-order valence-corrected chi connectivity index (χ1v) is 6.31. The summed E-state index contributed by atoms with van der Waals surface area (Å²) < 4.78 is 0.857. The third-order valence-corrected chi connectivity index (χ3v) is 3.77. The van der Waals surface area contributed by atoms with Crippen LogP contribution in [0, 0.1) is 6.92 Å². The van der Waals surface area contributed by atoms with Crippen LogP contribution in [0.3, 0.4) is 0 Å². The molecule has 1 aromatic rings. The Morgan fingerprint density at radius 3 is 2.89 bits per heavy atom. The van der Waals surface area contributed by atoms with Crippen molar-refractivity contribution in [1.82, 2.24) is 5.32 Å². The van der Waals surface area contributed by atoms with Crippen molar-refractivity contribution in [2.24, 2.45) is 0 Å². The number of anilines is 1. The molecular formula is C12H13BrN2O3. The molecule has 0 radical (unpaired) electrons. The van der Waals surface area contributed by atoms with Crippen molar-refractivity contribution in [2.75, 3.05) is 18.0 Å². The van der Waals surface area contributed by atoms with E-state index in [-0.39, 0.29) is 19.0 Å². The average molecular weight is 313 g/mol.